The van der Waals surface area contributed by atoms with Crippen molar-refractivity contribution in [2.75, 3.05) is 13.2 Å². The van der Waals surface area contributed by atoms with E-state index in [1.54, 1.807) is 11.1 Å². The highest BCUT2D eigenvalue weighted by Gasteiger charge is 2.16. The lowest BCUT2D eigenvalue weighted by molar-refractivity contribution is -0.125. The van der Waals surface area contributed by atoms with Gasteiger partial charge in [-0.25, -0.2) is 5.11 Å². The van der Waals surface area contributed by atoms with Crippen LogP contribution in [-0.2, 0) is 9.90 Å². The molecule has 10 heavy (non-hydrogen) atoms. The monoisotopic (exact) mass is 140 g/mol. The summed E-state index contributed by atoms with van der Waals surface area (Å²) in [5.74, 6) is 0.129. The van der Waals surface area contributed by atoms with Crippen LogP contribution in [0.3, 0.4) is 0 Å². The van der Waals surface area contributed by atoms with E-state index in [0.29, 0.717) is 6.42 Å². The zero-order valence-corrected chi connectivity index (χ0v) is 5.75. The standard InChI is InChI=1S/C7H10NO2/c9-6-2-5-8-4-1-3-7(8)10/h2,5H,1,3-4,6H2. The van der Waals surface area contributed by atoms with E-state index in [2.05, 4.69) is 0 Å². The van der Waals surface area contributed by atoms with Crippen LogP contribution in [0.5, 0.6) is 0 Å². The van der Waals surface area contributed by atoms with Gasteiger partial charge in [-0.2, -0.15) is 0 Å². The van der Waals surface area contributed by atoms with Crippen LogP contribution in [-0.4, -0.2) is 24.0 Å². The molecule has 1 radical (unpaired) electrons. The number of carbonyl (C=O) groups excluding carboxylic acids is 1. The largest absolute Gasteiger partial charge is 0.319 e. The molecule has 1 heterocycles. The first-order valence-electron chi connectivity index (χ1n) is 3.39. The highest BCUT2D eigenvalue weighted by molar-refractivity contribution is 5.79. The Kier molecular flexibility index (Phi) is 2.45. The Bertz CT molecular complexity index is 154. The molecule has 3 nitrogen and oxygen atoms in total. The molecule has 0 aromatic carbocycles. The van der Waals surface area contributed by atoms with Gasteiger partial charge in [-0.1, -0.05) is 0 Å². The van der Waals surface area contributed by atoms with Crippen LogP contribution in [0, 0.1) is 0 Å². The SMILES string of the molecule is [O]CC=CN1CCCC1=O. The van der Waals surface area contributed by atoms with E-state index in [-0.39, 0.29) is 12.5 Å². The lowest BCUT2D eigenvalue weighted by Crippen LogP contribution is -2.17. The Balaban J connectivity index is 2.40. The molecule has 1 fully saturated rings. The third-order valence-corrected chi connectivity index (χ3v) is 1.49. The molecule has 0 spiro atoms. The minimum absolute atomic E-state index is 0.129. The van der Waals surface area contributed by atoms with Crippen LogP contribution >= 0.6 is 0 Å². The Labute approximate surface area is 59.9 Å². The molecule has 1 saturated heterocycles. The molecule has 1 aliphatic heterocycles. The van der Waals surface area contributed by atoms with E-state index in [9.17, 15) is 9.90 Å². The second kappa shape index (κ2) is 3.37. The van der Waals surface area contributed by atoms with Crippen LogP contribution in [0.2, 0.25) is 0 Å². The molecule has 0 saturated carbocycles. The number of likely N-dealkylation sites (tertiary alicyclic amines) is 1. The smallest absolute Gasteiger partial charge is 0.226 e. The van der Waals surface area contributed by atoms with Crippen molar-refractivity contribution in [3.05, 3.63) is 12.3 Å². The van der Waals surface area contributed by atoms with Gasteiger partial charge in [-0.15, -0.1) is 0 Å². The number of hydrogen-bond acceptors (Lipinski definition) is 1. The molecule has 0 aliphatic carbocycles. The molecule has 1 rings (SSSR count). The Morgan fingerprint density at radius 2 is 2.40 bits per heavy atom. The molecule has 0 aromatic rings. The molecule has 0 aromatic heterocycles. The minimum Gasteiger partial charge on any atom is -0.319 e. The van der Waals surface area contributed by atoms with Crippen molar-refractivity contribution in [1.82, 2.24) is 4.90 Å². The van der Waals surface area contributed by atoms with Crippen LogP contribution in [0.1, 0.15) is 12.8 Å². The average Bonchev–Trinajstić information content (AvgIpc) is 2.31. The van der Waals surface area contributed by atoms with E-state index in [1.165, 1.54) is 6.08 Å². The zero-order valence-electron chi connectivity index (χ0n) is 5.75. The fraction of sp³-hybridized carbons (Fsp3) is 0.571. The minimum atomic E-state index is -0.246. The van der Waals surface area contributed by atoms with E-state index in [4.69, 9.17) is 0 Å². The number of hydrogen-bond donors (Lipinski definition) is 0. The van der Waals surface area contributed by atoms with Crippen molar-refractivity contribution in [2.45, 2.75) is 12.8 Å². The highest BCUT2D eigenvalue weighted by Crippen LogP contribution is 2.08. The van der Waals surface area contributed by atoms with E-state index >= 15 is 0 Å². The maximum Gasteiger partial charge on any atom is 0.226 e. The summed E-state index contributed by atoms with van der Waals surface area (Å²) in [6.07, 6.45) is 4.59. The molecule has 55 valence electrons. The van der Waals surface area contributed by atoms with Gasteiger partial charge in [0.05, 0.1) is 0 Å². The Morgan fingerprint density at radius 1 is 1.60 bits per heavy atom. The lowest BCUT2D eigenvalue weighted by atomic mass is 10.4. The first-order chi connectivity index (χ1) is 4.84. The summed E-state index contributed by atoms with van der Waals surface area (Å²) >= 11 is 0. The quantitative estimate of drug-likeness (QED) is 0.552. The third kappa shape index (κ3) is 1.57. The van der Waals surface area contributed by atoms with Gasteiger partial charge in [-0.05, 0) is 12.5 Å². The van der Waals surface area contributed by atoms with Crippen molar-refractivity contribution in [2.24, 2.45) is 0 Å². The molecule has 1 amide bonds. The fourth-order valence-electron chi connectivity index (χ4n) is 0.997. The predicted octanol–water partition coefficient (Wildman–Crippen LogP) is 0.553. The van der Waals surface area contributed by atoms with Crippen molar-refractivity contribution in [3.63, 3.8) is 0 Å². The van der Waals surface area contributed by atoms with Gasteiger partial charge in [-0.3, -0.25) is 4.79 Å². The maximum atomic E-state index is 10.9. The normalized spacial score (nSPS) is 19.3. The van der Waals surface area contributed by atoms with Gasteiger partial charge in [0.25, 0.3) is 0 Å². The van der Waals surface area contributed by atoms with Gasteiger partial charge >= 0.3 is 0 Å². The third-order valence-electron chi connectivity index (χ3n) is 1.49. The second-order valence-electron chi connectivity index (χ2n) is 2.24. The lowest BCUT2D eigenvalue weighted by Gasteiger charge is -2.06. The molecular formula is C7H10NO2. The van der Waals surface area contributed by atoms with Gasteiger partial charge < -0.3 is 4.90 Å². The molecule has 3 heteroatoms. The van der Waals surface area contributed by atoms with Crippen LogP contribution in [0.15, 0.2) is 12.3 Å². The molecule has 1 aliphatic rings. The average molecular weight is 140 g/mol. The molecule has 0 atom stereocenters. The van der Waals surface area contributed by atoms with E-state index in [0.717, 1.165) is 13.0 Å². The number of carbonyl (C=O) groups is 1. The number of nitrogens with zero attached hydrogens (tertiary/aromatic N) is 1. The van der Waals surface area contributed by atoms with Crippen LogP contribution in [0.4, 0.5) is 0 Å². The summed E-state index contributed by atoms with van der Waals surface area (Å²) in [5, 5.41) is 9.97. The van der Waals surface area contributed by atoms with E-state index in [1.807, 2.05) is 0 Å². The fourth-order valence-corrected chi connectivity index (χ4v) is 0.997. The zero-order chi connectivity index (χ0) is 7.40. The Hall–Kier alpha value is -0.830. The van der Waals surface area contributed by atoms with E-state index < -0.39 is 0 Å². The predicted molar refractivity (Wildman–Crippen MR) is 35.6 cm³/mol. The molecule has 0 unspecified atom stereocenters. The summed E-state index contributed by atoms with van der Waals surface area (Å²) < 4.78 is 0. The summed E-state index contributed by atoms with van der Waals surface area (Å²) in [6.45, 7) is 0.527. The molecule has 0 bridgehead atoms. The van der Waals surface area contributed by atoms with Crippen molar-refractivity contribution >= 4 is 5.91 Å². The van der Waals surface area contributed by atoms with Gasteiger partial charge in [0.1, 0.15) is 6.61 Å². The summed E-state index contributed by atoms with van der Waals surface area (Å²) in [6, 6.07) is 0. The first-order valence-corrected chi connectivity index (χ1v) is 3.39. The second-order valence-corrected chi connectivity index (χ2v) is 2.24. The van der Waals surface area contributed by atoms with Gasteiger partial charge in [0.15, 0.2) is 0 Å². The Morgan fingerprint density at radius 3 is 2.90 bits per heavy atom. The summed E-state index contributed by atoms with van der Waals surface area (Å²) in [7, 11) is 0. The van der Waals surface area contributed by atoms with Crippen molar-refractivity contribution in [1.29, 1.82) is 0 Å². The van der Waals surface area contributed by atoms with Crippen molar-refractivity contribution < 1.29 is 9.90 Å². The first kappa shape index (κ1) is 7.28. The summed E-state index contributed by atoms with van der Waals surface area (Å²) in [5.41, 5.74) is 0. The molecular weight excluding hydrogens is 130 g/mol. The number of rotatable bonds is 2. The van der Waals surface area contributed by atoms with Gasteiger partial charge in [0.2, 0.25) is 5.91 Å². The summed E-state index contributed by atoms with van der Waals surface area (Å²) in [4.78, 5) is 12.4. The van der Waals surface area contributed by atoms with Crippen LogP contribution in [0.25, 0.3) is 0 Å². The molecule has 0 N–H and O–H groups in total. The van der Waals surface area contributed by atoms with Crippen molar-refractivity contribution in [3.8, 4) is 0 Å². The number of amides is 1. The maximum absolute atomic E-state index is 10.9. The van der Waals surface area contributed by atoms with Gasteiger partial charge in [0, 0.05) is 19.2 Å². The highest BCUT2D eigenvalue weighted by atomic mass is 16.2. The topological polar surface area (TPSA) is 40.2 Å². The van der Waals surface area contributed by atoms with Crippen LogP contribution < -0.4 is 0 Å².